The molecule has 0 fully saturated rings. The predicted molar refractivity (Wildman–Crippen MR) is 65.8 cm³/mol. The molecular formula is C14H16O3. The van der Waals surface area contributed by atoms with Gasteiger partial charge in [0, 0.05) is 0 Å². The minimum absolute atomic E-state index is 0.234. The van der Waals surface area contributed by atoms with Gasteiger partial charge in [-0.25, -0.2) is 0 Å². The number of aromatic hydroxyl groups is 1. The predicted octanol–water partition coefficient (Wildman–Crippen LogP) is 2.83. The largest absolute Gasteiger partial charge is 0.508 e. The molecule has 0 atom stereocenters. The molecule has 0 saturated carbocycles. The summed E-state index contributed by atoms with van der Waals surface area (Å²) in [4.78, 5) is 11.3. The smallest absolute Gasteiger partial charge is 0.313 e. The number of allylic oxidation sites excluding steroid dienone is 1. The summed E-state index contributed by atoms with van der Waals surface area (Å²) in [5.74, 6) is -0.595. The van der Waals surface area contributed by atoms with Gasteiger partial charge in [-0.15, -0.1) is 0 Å². The van der Waals surface area contributed by atoms with Crippen molar-refractivity contribution in [2.24, 2.45) is 5.41 Å². The van der Waals surface area contributed by atoms with Crippen LogP contribution in [0.1, 0.15) is 31.4 Å². The fourth-order valence-corrected chi connectivity index (χ4v) is 2.24. The van der Waals surface area contributed by atoms with Crippen molar-refractivity contribution in [1.82, 2.24) is 0 Å². The van der Waals surface area contributed by atoms with Crippen LogP contribution in [0, 0.1) is 5.41 Å². The third kappa shape index (κ3) is 1.93. The lowest BCUT2D eigenvalue weighted by atomic mass is 9.75. The number of aryl methyl sites for hydroxylation is 1. The Hall–Kier alpha value is -1.77. The zero-order valence-corrected chi connectivity index (χ0v) is 10.0. The van der Waals surface area contributed by atoms with Crippen molar-refractivity contribution >= 4 is 11.5 Å². The zero-order valence-electron chi connectivity index (χ0n) is 10.0. The lowest BCUT2D eigenvalue weighted by molar-refractivity contribution is -0.143. The molecule has 0 spiro atoms. The van der Waals surface area contributed by atoms with Crippen LogP contribution >= 0.6 is 0 Å². The molecule has 0 aromatic heterocycles. The summed E-state index contributed by atoms with van der Waals surface area (Å²) in [6.07, 6.45) is 3.67. The molecule has 1 aromatic rings. The first-order valence-electron chi connectivity index (χ1n) is 5.69. The molecular weight excluding hydrogens is 216 g/mol. The molecule has 0 saturated heterocycles. The Morgan fingerprint density at radius 3 is 2.71 bits per heavy atom. The average Bonchev–Trinajstić information content (AvgIpc) is 2.27. The van der Waals surface area contributed by atoms with Crippen molar-refractivity contribution in [3.05, 3.63) is 35.4 Å². The lowest BCUT2D eigenvalue weighted by Gasteiger charge is -2.28. The molecule has 2 rings (SSSR count). The van der Waals surface area contributed by atoms with E-state index in [1.54, 1.807) is 32.0 Å². The number of aliphatic carboxylic acids is 1. The Bertz CT molecular complexity index is 498. The van der Waals surface area contributed by atoms with E-state index in [1.165, 1.54) is 0 Å². The number of hydrogen-bond acceptors (Lipinski definition) is 2. The summed E-state index contributed by atoms with van der Waals surface area (Å²) < 4.78 is 0. The van der Waals surface area contributed by atoms with E-state index < -0.39 is 11.4 Å². The lowest BCUT2D eigenvalue weighted by Crippen LogP contribution is -2.26. The van der Waals surface area contributed by atoms with Crippen LogP contribution < -0.4 is 0 Å². The summed E-state index contributed by atoms with van der Waals surface area (Å²) in [7, 11) is 0. The Balaban J connectivity index is 2.53. The summed E-state index contributed by atoms with van der Waals surface area (Å²) in [5.41, 5.74) is 1.91. The van der Waals surface area contributed by atoms with Crippen LogP contribution in [0.5, 0.6) is 5.75 Å². The molecule has 2 N–H and O–H groups in total. The highest BCUT2D eigenvalue weighted by Crippen LogP contribution is 2.40. The summed E-state index contributed by atoms with van der Waals surface area (Å²) in [6.45, 7) is 3.42. The molecule has 0 amide bonds. The van der Waals surface area contributed by atoms with Crippen molar-refractivity contribution in [2.45, 2.75) is 26.7 Å². The first kappa shape index (κ1) is 11.7. The van der Waals surface area contributed by atoms with Crippen LogP contribution in [0.15, 0.2) is 24.3 Å². The molecule has 0 radical (unpaired) electrons. The van der Waals surface area contributed by atoms with Crippen LogP contribution in [0.25, 0.3) is 5.57 Å². The fourth-order valence-electron chi connectivity index (χ4n) is 2.24. The fraction of sp³-hybridized carbons (Fsp3) is 0.357. The zero-order chi connectivity index (χ0) is 12.6. The average molecular weight is 232 g/mol. The summed E-state index contributed by atoms with van der Waals surface area (Å²) in [6, 6.07) is 5.14. The Morgan fingerprint density at radius 2 is 2.06 bits per heavy atom. The molecule has 0 aliphatic heterocycles. The minimum Gasteiger partial charge on any atom is -0.508 e. The number of rotatable bonds is 2. The highest BCUT2D eigenvalue weighted by molar-refractivity contribution is 5.92. The number of benzene rings is 1. The third-order valence-electron chi connectivity index (χ3n) is 3.35. The van der Waals surface area contributed by atoms with Crippen molar-refractivity contribution in [1.29, 1.82) is 0 Å². The first-order chi connectivity index (χ1) is 7.93. The van der Waals surface area contributed by atoms with Crippen molar-refractivity contribution in [3.63, 3.8) is 0 Å². The number of hydrogen-bond donors (Lipinski definition) is 2. The molecule has 1 aromatic carbocycles. The number of carbonyl (C=O) groups is 1. The highest BCUT2D eigenvalue weighted by atomic mass is 16.4. The quantitative estimate of drug-likeness (QED) is 0.824. The maximum Gasteiger partial charge on any atom is 0.313 e. The van der Waals surface area contributed by atoms with E-state index in [1.807, 2.05) is 6.08 Å². The number of fused-ring (bicyclic) bond motifs is 1. The van der Waals surface area contributed by atoms with Crippen LogP contribution in [-0.4, -0.2) is 16.2 Å². The van der Waals surface area contributed by atoms with Gasteiger partial charge < -0.3 is 10.2 Å². The van der Waals surface area contributed by atoms with Crippen LogP contribution in [0.2, 0.25) is 0 Å². The third-order valence-corrected chi connectivity index (χ3v) is 3.35. The van der Waals surface area contributed by atoms with Gasteiger partial charge in [0.15, 0.2) is 0 Å². The summed E-state index contributed by atoms with van der Waals surface area (Å²) in [5, 5.41) is 18.7. The van der Waals surface area contributed by atoms with Crippen LogP contribution in [0.3, 0.4) is 0 Å². The molecule has 17 heavy (non-hydrogen) atoms. The van der Waals surface area contributed by atoms with Gasteiger partial charge in [0.25, 0.3) is 0 Å². The number of phenols is 1. The monoisotopic (exact) mass is 232 g/mol. The van der Waals surface area contributed by atoms with Crippen molar-refractivity contribution in [2.75, 3.05) is 0 Å². The van der Waals surface area contributed by atoms with E-state index in [0.29, 0.717) is 0 Å². The summed E-state index contributed by atoms with van der Waals surface area (Å²) >= 11 is 0. The van der Waals surface area contributed by atoms with Crippen LogP contribution in [-0.2, 0) is 11.2 Å². The molecule has 0 bridgehead atoms. The SMILES string of the molecule is CC(C)(C(=O)O)C1=CCCc2cc(O)ccc21. The van der Waals surface area contributed by atoms with Gasteiger partial charge in [0.2, 0.25) is 0 Å². The molecule has 0 unspecified atom stereocenters. The molecule has 3 nitrogen and oxygen atoms in total. The Labute approximate surface area is 100 Å². The van der Waals surface area contributed by atoms with E-state index in [-0.39, 0.29) is 5.75 Å². The normalized spacial score (nSPS) is 15.1. The maximum absolute atomic E-state index is 11.3. The van der Waals surface area contributed by atoms with Gasteiger partial charge in [-0.05, 0) is 55.5 Å². The Kier molecular flexibility index (Phi) is 2.69. The van der Waals surface area contributed by atoms with Gasteiger partial charge in [0.1, 0.15) is 5.75 Å². The minimum atomic E-state index is -0.897. The second-order valence-corrected chi connectivity index (χ2v) is 4.93. The van der Waals surface area contributed by atoms with Crippen LogP contribution in [0.4, 0.5) is 0 Å². The highest BCUT2D eigenvalue weighted by Gasteiger charge is 2.34. The van der Waals surface area contributed by atoms with E-state index in [4.69, 9.17) is 0 Å². The van der Waals surface area contributed by atoms with Gasteiger partial charge in [0.05, 0.1) is 5.41 Å². The number of phenolic OH excluding ortho intramolecular Hbond substituents is 1. The van der Waals surface area contributed by atoms with Gasteiger partial charge in [-0.3, -0.25) is 4.79 Å². The van der Waals surface area contributed by atoms with Gasteiger partial charge in [-0.2, -0.15) is 0 Å². The van der Waals surface area contributed by atoms with E-state index in [9.17, 15) is 15.0 Å². The van der Waals surface area contributed by atoms with Gasteiger partial charge in [-0.1, -0.05) is 12.1 Å². The first-order valence-corrected chi connectivity index (χ1v) is 5.69. The van der Waals surface area contributed by atoms with E-state index in [2.05, 4.69) is 0 Å². The topological polar surface area (TPSA) is 57.5 Å². The molecule has 90 valence electrons. The standard InChI is InChI=1S/C14H16O3/c1-14(2,13(16)17)12-5-3-4-9-8-10(15)6-7-11(9)12/h5-8,15H,3-4H2,1-2H3,(H,16,17). The second-order valence-electron chi connectivity index (χ2n) is 4.93. The van der Waals surface area contributed by atoms with Crippen molar-refractivity contribution < 1.29 is 15.0 Å². The molecule has 1 aliphatic carbocycles. The number of carboxylic acids is 1. The molecule has 3 heteroatoms. The van der Waals surface area contributed by atoms with Crippen molar-refractivity contribution in [3.8, 4) is 5.75 Å². The number of carboxylic acid groups (broad SMARTS) is 1. The maximum atomic E-state index is 11.3. The van der Waals surface area contributed by atoms with Gasteiger partial charge >= 0.3 is 5.97 Å². The van der Waals surface area contributed by atoms with E-state index in [0.717, 1.165) is 29.5 Å². The molecule has 1 aliphatic rings. The second kappa shape index (κ2) is 3.91. The Morgan fingerprint density at radius 1 is 1.35 bits per heavy atom. The van der Waals surface area contributed by atoms with E-state index >= 15 is 0 Å². The molecule has 0 heterocycles.